The van der Waals surface area contributed by atoms with Gasteiger partial charge in [-0.2, -0.15) is 0 Å². The second-order valence-corrected chi connectivity index (χ2v) is 2.87. The predicted octanol–water partition coefficient (Wildman–Crippen LogP) is -1.33. The summed E-state index contributed by atoms with van der Waals surface area (Å²) in [7, 11) is 0. The van der Waals surface area contributed by atoms with Gasteiger partial charge in [0.15, 0.2) is 5.72 Å². The monoisotopic (exact) mass is 191 g/mol. The second-order valence-electron chi connectivity index (χ2n) is 2.87. The number of hydrogen-bond acceptors (Lipinski definition) is 4. The van der Waals surface area contributed by atoms with Crippen molar-refractivity contribution in [2.45, 2.75) is 25.5 Å². The van der Waals surface area contributed by atoms with Gasteiger partial charge in [0.25, 0.3) is 0 Å². The third kappa shape index (κ3) is 6.06. The molecule has 6 heteroatoms. The van der Waals surface area contributed by atoms with Crippen LogP contribution in [0, 0.1) is 0 Å². The van der Waals surface area contributed by atoms with Crippen LogP contribution < -0.4 is 5.32 Å². The van der Waals surface area contributed by atoms with Gasteiger partial charge in [0, 0.05) is 6.42 Å². The molecule has 1 amide bonds. The van der Waals surface area contributed by atoms with Gasteiger partial charge in [0.1, 0.15) is 0 Å². The van der Waals surface area contributed by atoms with Gasteiger partial charge in [0.05, 0.1) is 13.0 Å². The maximum Gasteiger partial charge on any atom is 0.303 e. The van der Waals surface area contributed by atoms with E-state index in [-0.39, 0.29) is 12.8 Å². The molecule has 0 fully saturated rings. The summed E-state index contributed by atoms with van der Waals surface area (Å²) < 4.78 is 0. The smallest absolute Gasteiger partial charge is 0.303 e. The number of aliphatic hydroxyl groups is 2. The molecule has 76 valence electrons. The summed E-state index contributed by atoms with van der Waals surface area (Å²) >= 11 is 0. The molecule has 0 heterocycles. The van der Waals surface area contributed by atoms with Gasteiger partial charge < -0.3 is 20.6 Å². The highest BCUT2D eigenvalue weighted by molar-refractivity contribution is 5.80. The number of carboxylic acids is 1. The van der Waals surface area contributed by atoms with Crippen molar-refractivity contribution in [3.63, 3.8) is 0 Å². The fourth-order valence-corrected chi connectivity index (χ4v) is 0.623. The average Bonchev–Trinajstić information content (AvgIpc) is 2.00. The molecular formula is C7H13NO5. The van der Waals surface area contributed by atoms with E-state index in [4.69, 9.17) is 15.3 Å². The van der Waals surface area contributed by atoms with Gasteiger partial charge in [-0.25, -0.2) is 0 Å². The molecule has 1 atom stereocenters. The van der Waals surface area contributed by atoms with E-state index >= 15 is 0 Å². The van der Waals surface area contributed by atoms with E-state index in [2.05, 4.69) is 5.32 Å². The third-order valence-electron chi connectivity index (χ3n) is 1.28. The maximum absolute atomic E-state index is 10.9. The van der Waals surface area contributed by atoms with Gasteiger partial charge in [-0.05, 0) is 6.92 Å². The van der Waals surface area contributed by atoms with Crippen LogP contribution in [0.1, 0.15) is 19.8 Å². The van der Waals surface area contributed by atoms with Crippen LogP contribution in [0.15, 0.2) is 0 Å². The molecule has 0 bridgehead atoms. The molecular weight excluding hydrogens is 178 g/mol. The van der Waals surface area contributed by atoms with Crippen molar-refractivity contribution >= 4 is 11.9 Å². The molecule has 0 aliphatic heterocycles. The minimum absolute atomic E-state index is 0.217. The standard InChI is InChI=1S/C7H13NO5/c1-7(13,4-9)8-5(10)2-3-6(11)12/h9,13H,2-4H2,1H3,(H,8,10)(H,11,12). The van der Waals surface area contributed by atoms with E-state index in [1.54, 1.807) is 0 Å². The molecule has 0 aliphatic rings. The molecule has 0 saturated carbocycles. The van der Waals surface area contributed by atoms with E-state index in [0.717, 1.165) is 0 Å². The zero-order valence-corrected chi connectivity index (χ0v) is 7.28. The number of rotatable bonds is 5. The first kappa shape index (κ1) is 11.9. The molecule has 1 unspecified atom stereocenters. The molecule has 0 spiro atoms. The van der Waals surface area contributed by atoms with Crippen molar-refractivity contribution < 1.29 is 24.9 Å². The summed E-state index contributed by atoms with van der Waals surface area (Å²) in [6.45, 7) is 0.595. The SMILES string of the molecule is CC(O)(CO)NC(=O)CCC(=O)O. The number of nitrogens with one attached hydrogen (secondary N) is 1. The number of aliphatic hydroxyl groups excluding tert-OH is 1. The Labute approximate surface area is 75.2 Å². The number of carbonyl (C=O) groups is 2. The number of aliphatic carboxylic acids is 1. The Morgan fingerprint density at radius 1 is 1.38 bits per heavy atom. The minimum atomic E-state index is -1.68. The van der Waals surface area contributed by atoms with E-state index in [1.165, 1.54) is 6.92 Å². The molecule has 0 radical (unpaired) electrons. The van der Waals surface area contributed by atoms with Crippen molar-refractivity contribution in [2.75, 3.05) is 6.61 Å². The Kier molecular flexibility index (Phi) is 4.36. The fourth-order valence-electron chi connectivity index (χ4n) is 0.623. The zero-order chi connectivity index (χ0) is 10.5. The molecule has 6 nitrogen and oxygen atoms in total. The fraction of sp³-hybridized carbons (Fsp3) is 0.714. The Balaban J connectivity index is 3.81. The van der Waals surface area contributed by atoms with Crippen LogP contribution in [0.2, 0.25) is 0 Å². The first-order chi connectivity index (χ1) is 5.87. The van der Waals surface area contributed by atoms with E-state index < -0.39 is 24.2 Å². The number of hydrogen-bond donors (Lipinski definition) is 4. The number of amides is 1. The Hall–Kier alpha value is -1.14. The number of carbonyl (C=O) groups excluding carboxylic acids is 1. The molecule has 0 saturated heterocycles. The van der Waals surface area contributed by atoms with Crippen molar-refractivity contribution in [2.24, 2.45) is 0 Å². The highest BCUT2D eigenvalue weighted by Crippen LogP contribution is 1.97. The van der Waals surface area contributed by atoms with E-state index in [1.807, 2.05) is 0 Å². The average molecular weight is 191 g/mol. The maximum atomic E-state index is 10.9. The summed E-state index contributed by atoms with van der Waals surface area (Å²) in [6.07, 6.45) is -0.515. The van der Waals surface area contributed by atoms with Crippen LogP contribution in [-0.4, -0.2) is 39.5 Å². The summed E-state index contributed by atoms with van der Waals surface area (Å²) in [5.41, 5.74) is -1.68. The lowest BCUT2D eigenvalue weighted by Crippen LogP contribution is -2.48. The first-order valence-corrected chi connectivity index (χ1v) is 3.73. The van der Waals surface area contributed by atoms with E-state index in [0.29, 0.717) is 0 Å². The molecule has 0 aliphatic carbocycles. The predicted molar refractivity (Wildman–Crippen MR) is 42.7 cm³/mol. The summed E-state index contributed by atoms with van der Waals surface area (Å²) in [4.78, 5) is 20.9. The summed E-state index contributed by atoms with van der Waals surface area (Å²) in [5.74, 6) is -1.69. The molecule has 0 aromatic carbocycles. The van der Waals surface area contributed by atoms with Crippen LogP contribution >= 0.6 is 0 Å². The van der Waals surface area contributed by atoms with Crippen LogP contribution in [0.3, 0.4) is 0 Å². The lowest BCUT2D eigenvalue weighted by atomic mass is 10.2. The van der Waals surface area contributed by atoms with Crippen LogP contribution in [0.4, 0.5) is 0 Å². The van der Waals surface area contributed by atoms with Crippen molar-refractivity contribution in [1.82, 2.24) is 5.32 Å². The lowest BCUT2D eigenvalue weighted by molar-refractivity contribution is -0.140. The largest absolute Gasteiger partial charge is 0.481 e. The third-order valence-corrected chi connectivity index (χ3v) is 1.28. The Morgan fingerprint density at radius 2 is 1.92 bits per heavy atom. The van der Waals surface area contributed by atoms with E-state index in [9.17, 15) is 9.59 Å². The topological polar surface area (TPSA) is 107 Å². The van der Waals surface area contributed by atoms with Gasteiger partial charge in [-0.3, -0.25) is 9.59 Å². The molecule has 13 heavy (non-hydrogen) atoms. The summed E-state index contributed by atoms with van der Waals surface area (Å²) in [5, 5.41) is 28.0. The van der Waals surface area contributed by atoms with Gasteiger partial charge in [-0.1, -0.05) is 0 Å². The second kappa shape index (κ2) is 4.78. The number of carboxylic acid groups (broad SMARTS) is 1. The minimum Gasteiger partial charge on any atom is -0.481 e. The van der Waals surface area contributed by atoms with Crippen molar-refractivity contribution in [1.29, 1.82) is 0 Å². The first-order valence-electron chi connectivity index (χ1n) is 3.73. The highest BCUT2D eigenvalue weighted by Gasteiger charge is 2.21. The van der Waals surface area contributed by atoms with Gasteiger partial charge in [0.2, 0.25) is 5.91 Å². The Bertz CT molecular complexity index is 201. The molecule has 0 aromatic rings. The highest BCUT2D eigenvalue weighted by atomic mass is 16.4. The van der Waals surface area contributed by atoms with Gasteiger partial charge in [-0.15, -0.1) is 0 Å². The zero-order valence-electron chi connectivity index (χ0n) is 7.28. The van der Waals surface area contributed by atoms with Crippen LogP contribution in [0.5, 0.6) is 0 Å². The quantitative estimate of drug-likeness (QED) is 0.403. The van der Waals surface area contributed by atoms with Crippen molar-refractivity contribution in [3.05, 3.63) is 0 Å². The molecule has 0 rings (SSSR count). The van der Waals surface area contributed by atoms with Gasteiger partial charge >= 0.3 is 5.97 Å². The lowest BCUT2D eigenvalue weighted by Gasteiger charge is -2.21. The molecule has 4 N–H and O–H groups in total. The Morgan fingerprint density at radius 3 is 2.31 bits per heavy atom. The molecule has 0 aromatic heterocycles. The van der Waals surface area contributed by atoms with Crippen LogP contribution in [-0.2, 0) is 9.59 Å². The summed E-state index contributed by atoms with van der Waals surface area (Å²) in [6, 6.07) is 0. The van der Waals surface area contributed by atoms with Crippen LogP contribution in [0.25, 0.3) is 0 Å². The normalized spacial score (nSPS) is 14.7. The van der Waals surface area contributed by atoms with Crippen molar-refractivity contribution in [3.8, 4) is 0 Å².